The van der Waals surface area contributed by atoms with Gasteiger partial charge in [-0.15, -0.1) is 0 Å². The molecule has 1 radical (unpaired) electrons. The Balaban J connectivity index is 2.76. The van der Waals surface area contributed by atoms with Crippen LogP contribution in [0.15, 0.2) is 0 Å². The lowest BCUT2D eigenvalue weighted by molar-refractivity contribution is 0.488. The van der Waals surface area contributed by atoms with Crippen molar-refractivity contribution in [3.05, 3.63) is 0 Å². The molecule has 0 amide bonds. The Morgan fingerprint density at radius 3 is 2.62 bits per heavy atom. The van der Waals surface area contributed by atoms with Crippen molar-refractivity contribution >= 4 is 0 Å². The van der Waals surface area contributed by atoms with Crippen LogP contribution >= 0.6 is 0 Å². The van der Waals surface area contributed by atoms with Crippen LogP contribution in [-0.2, 0) is 0 Å². The third-order valence-electron chi connectivity index (χ3n) is 1.70. The molecule has 0 aliphatic rings. The molecule has 3 N–H and O–H groups in total. The van der Waals surface area contributed by atoms with E-state index >= 15 is 0 Å². The largest absolute Gasteiger partial charge is 0.320 e. The predicted molar refractivity (Wildman–Crippen MR) is 56.7 cm³/mol. The summed E-state index contributed by atoms with van der Waals surface area (Å²) in [7, 11) is 1.97. The predicted octanol–water partition coefficient (Wildman–Crippen LogP) is -0.295. The number of nitrogens with zero attached hydrogens (tertiary/aromatic N) is 1. The van der Waals surface area contributed by atoms with Gasteiger partial charge in [0.15, 0.2) is 0 Å². The highest BCUT2D eigenvalue weighted by Gasteiger charge is 1.88. The van der Waals surface area contributed by atoms with Gasteiger partial charge in [0.2, 0.25) is 0 Å². The van der Waals surface area contributed by atoms with Gasteiger partial charge in [0.05, 0.1) is 0 Å². The second-order valence-corrected chi connectivity index (χ2v) is 2.95. The summed E-state index contributed by atoms with van der Waals surface area (Å²) in [5.41, 5.74) is 7.25. The summed E-state index contributed by atoms with van der Waals surface area (Å²) in [6.07, 6.45) is 2.25. The van der Waals surface area contributed by atoms with Gasteiger partial charge < -0.3 is 10.6 Å². The first-order valence-corrected chi connectivity index (χ1v) is 5.16. The molecule has 0 aromatic heterocycles. The molecule has 0 rings (SSSR count). The van der Waals surface area contributed by atoms with E-state index in [0.29, 0.717) is 0 Å². The minimum absolute atomic E-state index is 0.909. The molecule has 0 aliphatic heterocycles. The number of hydrogen-bond donors (Lipinski definition) is 3. The molecule has 0 fully saturated rings. The van der Waals surface area contributed by atoms with Crippen LogP contribution in [0.5, 0.6) is 0 Å². The van der Waals surface area contributed by atoms with E-state index in [1.807, 2.05) is 7.05 Å². The van der Waals surface area contributed by atoms with Crippen LogP contribution in [0.1, 0.15) is 19.8 Å². The summed E-state index contributed by atoms with van der Waals surface area (Å²) < 4.78 is 0. The van der Waals surface area contributed by atoms with Crippen LogP contribution < -0.4 is 21.5 Å². The number of nitrogens with one attached hydrogen (secondary N) is 3. The highest BCUT2D eigenvalue weighted by Crippen LogP contribution is 1.74. The molecule has 0 saturated carbocycles. The fourth-order valence-corrected chi connectivity index (χ4v) is 0.962. The molecule has 0 aromatic rings. The van der Waals surface area contributed by atoms with Crippen LogP contribution in [0, 0.1) is 0 Å². The third kappa shape index (κ3) is 11.8. The van der Waals surface area contributed by atoms with Crippen molar-refractivity contribution in [1.82, 2.24) is 21.5 Å². The average molecular weight is 187 g/mol. The van der Waals surface area contributed by atoms with E-state index in [9.17, 15) is 0 Å². The summed E-state index contributed by atoms with van der Waals surface area (Å²) in [6, 6.07) is 0. The van der Waals surface area contributed by atoms with Crippen LogP contribution in [0.2, 0.25) is 0 Å². The molecule has 0 bridgehead atoms. The van der Waals surface area contributed by atoms with E-state index in [1.165, 1.54) is 0 Å². The molecular formula is C9H23N4. The molecule has 4 heteroatoms. The maximum absolute atomic E-state index is 4.20. The molecule has 0 spiro atoms. The van der Waals surface area contributed by atoms with E-state index in [2.05, 4.69) is 28.4 Å². The highest BCUT2D eigenvalue weighted by molar-refractivity contribution is 4.48. The fraction of sp³-hybridized carbons (Fsp3) is 1.00. The van der Waals surface area contributed by atoms with E-state index in [1.54, 1.807) is 0 Å². The van der Waals surface area contributed by atoms with E-state index in [-0.39, 0.29) is 0 Å². The minimum atomic E-state index is 0.909. The van der Waals surface area contributed by atoms with Gasteiger partial charge in [0.25, 0.3) is 0 Å². The van der Waals surface area contributed by atoms with Crippen molar-refractivity contribution in [2.75, 3.05) is 39.8 Å². The lowest BCUT2D eigenvalue weighted by Gasteiger charge is -2.04. The van der Waals surface area contributed by atoms with Crippen molar-refractivity contribution in [3.8, 4) is 0 Å². The lowest BCUT2D eigenvalue weighted by Crippen LogP contribution is -2.29. The molecular weight excluding hydrogens is 164 g/mol. The van der Waals surface area contributed by atoms with Gasteiger partial charge in [0, 0.05) is 13.1 Å². The SMILES string of the molecule is CCNCCC[N]NCCCNC. The quantitative estimate of drug-likeness (QED) is 0.325. The lowest BCUT2D eigenvalue weighted by atomic mass is 10.4. The Labute approximate surface area is 81.8 Å². The maximum Gasteiger partial charge on any atom is 0.0316 e. The van der Waals surface area contributed by atoms with Gasteiger partial charge in [-0.05, 0) is 39.5 Å². The Kier molecular flexibility index (Phi) is 11.7. The number of rotatable bonds is 10. The molecule has 0 aromatic carbocycles. The average Bonchev–Trinajstić information content (AvgIpc) is 2.16. The van der Waals surface area contributed by atoms with Crippen molar-refractivity contribution in [3.63, 3.8) is 0 Å². The zero-order valence-corrected chi connectivity index (χ0v) is 8.90. The Hall–Kier alpha value is -0.160. The maximum atomic E-state index is 4.20. The standard InChI is InChI=1S/C9H23N4/c1-3-11-7-5-9-13-12-8-4-6-10-2/h10-12H,3-9H2,1-2H3. The van der Waals surface area contributed by atoms with Gasteiger partial charge in [-0.3, -0.25) is 0 Å². The summed E-state index contributed by atoms with van der Waals surface area (Å²) >= 11 is 0. The molecule has 0 atom stereocenters. The zero-order chi connectivity index (χ0) is 9.78. The Morgan fingerprint density at radius 1 is 1.08 bits per heavy atom. The minimum Gasteiger partial charge on any atom is -0.320 e. The molecule has 0 aliphatic carbocycles. The van der Waals surface area contributed by atoms with Crippen molar-refractivity contribution in [2.45, 2.75) is 19.8 Å². The van der Waals surface area contributed by atoms with Gasteiger partial charge in [0.1, 0.15) is 0 Å². The first-order valence-electron chi connectivity index (χ1n) is 5.16. The van der Waals surface area contributed by atoms with Crippen LogP contribution in [0.4, 0.5) is 0 Å². The van der Waals surface area contributed by atoms with E-state index < -0.39 is 0 Å². The molecule has 0 saturated heterocycles. The smallest absolute Gasteiger partial charge is 0.0316 e. The van der Waals surface area contributed by atoms with Crippen molar-refractivity contribution in [1.29, 1.82) is 0 Å². The molecule has 79 valence electrons. The fourth-order valence-electron chi connectivity index (χ4n) is 0.962. The van der Waals surface area contributed by atoms with Crippen LogP contribution in [-0.4, -0.2) is 39.8 Å². The van der Waals surface area contributed by atoms with Crippen molar-refractivity contribution < 1.29 is 0 Å². The van der Waals surface area contributed by atoms with Crippen LogP contribution in [0.25, 0.3) is 0 Å². The van der Waals surface area contributed by atoms with Crippen LogP contribution in [0.3, 0.4) is 0 Å². The Morgan fingerprint density at radius 2 is 1.92 bits per heavy atom. The highest BCUT2D eigenvalue weighted by atomic mass is 15.3. The first-order chi connectivity index (χ1) is 6.41. The summed E-state index contributed by atoms with van der Waals surface area (Å²) in [5.74, 6) is 0. The first kappa shape index (κ1) is 12.8. The summed E-state index contributed by atoms with van der Waals surface area (Å²) in [5, 5.41) is 6.36. The molecule has 0 heterocycles. The molecule has 13 heavy (non-hydrogen) atoms. The van der Waals surface area contributed by atoms with Gasteiger partial charge in [-0.25, -0.2) is 5.43 Å². The number of hydrogen-bond acceptors (Lipinski definition) is 3. The van der Waals surface area contributed by atoms with Gasteiger partial charge in [-0.2, -0.15) is 5.43 Å². The second-order valence-electron chi connectivity index (χ2n) is 2.95. The van der Waals surface area contributed by atoms with E-state index in [0.717, 1.165) is 45.6 Å². The second kappa shape index (κ2) is 11.8. The third-order valence-corrected chi connectivity index (χ3v) is 1.70. The molecule has 4 nitrogen and oxygen atoms in total. The van der Waals surface area contributed by atoms with Gasteiger partial charge in [-0.1, -0.05) is 6.92 Å². The summed E-state index contributed by atoms with van der Waals surface area (Å²) in [6.45, 7) is 7.18. The summed E-state index contributed by atoms with van der Waals surface area (Å²) in [4.78, 5) is 0. The topological polar surface area (TPSA) is 50.2 Å². The normalized spacial score (nSPS) is 10.6. The zero-order valence-electron chi connectivity index (χ0n) is 8.90. The Bertz CT molecular complexity index is 77.7. The van der Waals surface area contributed by atoms with Crippen molar-refractivity contribution in [2.24, 2.45) is 0 Å². The monoisotopic (exact) mass is 187 g/mol. The van der Waals surface area contributed by atoms with E-state index in [4.69, 9.17) is 0 Å². The molecule has 0 unspecified atom stereocenters. The van der Waals surface area contributed by atoms with Gasteiger partial charge >= 0.3 is 0 Å².